The molecule has 95 heavy (non-hydrogen) atoms. The number of β-amino-alcohol motifs (C(OH)–C–C–N with tert-alkyl or cyclic N) is 1. The number of rotatable bonds is 20. The summed E-state index contributed by atoms with van der Waals surface area (Å²) in [5.74, 6) is -6.43. The maximum absolute atomic E-state index is 15.0. The van der Waals surface area contributed by atoms with Gasteiger partial charge in [0.05, 0.1) is 74.6 Å². The Morgan fingerprint density at radius 1 is 0.747 bits per heavy atom. The van der Waals surface area contributed by atoms with E-state index in [-0.39, 0.29) is 67.0 Å². The number of phenolic OH excluding ortho intramolecular Hbond substituents is 1. The van der Waals surface area contributed by atoms with Crippen molar-refractivity contribution in [3.8, 4) is 22.1 Å². The highest BCUT2D eigenvalue weighted by atomic mass is 32.1. The lowest BCUT2D eigenvalue weighted by Crippen LogP contribution is -2.64. The Morgan fingerprint density at radius 3 is 2.08 bits per heavy atom. The number of aliphatic hydroxyl groups is 8. The molecule has 4 aliphatic heterocycles. The van der Waals surface area contributed by atoms with Crippen LogP contribution in [0.1, 0.15) is 120 Å². The molecule has 2 aromatic carbocycles. The number of piperidine rings is 1. The van der Waals surface area contributed by atoms with Crippen LogP contribution in [0.4, 0.5) is 5.69 Å². The molecule has 1 aromatic heterocycles. The summed E-state index contributed by atoms with van der Waals surface area (Å²) < 4.78 is 11.5. The van der Waals surface area contributed by atoms with Crippen molar-refractivity contribution in [3.63, 3.8) is 0 Å². The number of anilines is 1. The van der Waals surface area contributed by atoms with Gasteiger partial charge in [-0.3, -0.25) is 28.8 Å². The van der Waals surface area contributed by atoms with Crippen molar-refractivity contribution in [2.24, 2.45) is 17.8 Å². The van der Waals surface area contributed by atoms with Gasteiger partial charge in [-0.05, 0) is 138 Å². The number of nitrogens with one attached hydrogen (secondary N) is 6. The summed E-state index contributed by atoms with van der Waals surface area (Å²) in [6.45, 7) is 2.54. The van der Waals surface area contributed by atoms with Crippen molar-refractivity contribution in [3.05, 3.63) is 53.0 Å². The number of fused-ring (bicyclic) bond motifs is 2. The van der Waals surface area contributed by atoms with Crippen molar-refractivity contribution in [2.75, 3.05) is 78.1 Å². The lowest BCUT2D eigenvalue weighted by Gasteiger charge is -2.47. The summed E-state index contributed by atoms with van der Waals surface area (Å²) in [6, 6.07) is 1.45. The van der Waals surface area contributed by atoms with E-state index in [2.05, 4.69) is 71.3 Å². The summed E-state index contributed by atoms with van der Waals surface area (Å²) in [7, 11) is 3.17. The molecule has 29 heteroatoms. The zero-order valence-corrected chi connectivity index (χ0v) is 55.6. The first-order valence-corrected chi connectivity index (χ1v) is 34.5. The molecule has 6 amide bonds. The van der Waals surface area contributed by atoms with Gasteiger partial charge in [-0.25, -0.2) is 0 Å². The minimum atomic E-state index is -2.03. The minimum Gasteiger partial charge on any atom is -0.504 e. The van der Waals surface area contributed by atoms with E-state index in [1.165, 1.54) is 70.0 Å². The SMILES string of the molecule is COc1cc(C[C@@H](O)[C@@H]2NC(=O)[C@@H]3C[C@@H](O)CN3C(=O)[C@H]([C@@H](C)O)NC(=O)[C@@H](NCC3CCC(c4nnc(-c5ccc(N6CCC(OC)(C7CCCCC7)CC6)cc5)s4)CC3)C[C@H](O)CNC(=O)[C@@H]3[C@@H](O)[C@@H](C)CN3C(=O)[C@H]([C@H](O)CCNC(CO)CO)NC2=O)ccc1O. The Hall–Kier alpha value is -6.22. The molecule has 3 aromatic rings. The largest absolute Gasteiger partial charge is 0.504 e. The molecule has 6 aliphatic rings. The molecule has 2 aliphatic carbocycles. The van der Waals surface area contributed by atoms with Gasteiger partial charge >= 0.3 is 0 Å². The zero-order valence-electron chi connectivity index (χ0n) is 54.8. The van der Waals surface area contributed by atoms with Gasteiger partial charge in [0.25, 0.3) is 0 Å². The molecule has 5 heterocycles. The third-order valence-electron chi connectivity index (χ3n) is 20.6. The maximum Gasteiger partial charge on any atom is 0.248 e. The van der Waals surface area contributed by atoms with E-state index < -0.39 is 159 Å². The first-order valence-electron chi connectivity index (χ1n) is 33.7. The zero-order chi connectivity index (χ0) is 68.3. The normalized spacial score (nSPS) is 29.8. The number of aromatic nitrogens is 2. The Bertz CT molecular complexity index is 3050. The van der Waals surface area contributed by atoms with E-state index in [1.807, 2.05) is 7.11 Å². The number of aliphatic hydroxyl groups excluding tert-OH is 8. The van der Waals surface area contributed by atoms with E-state index in [1.54, 1.807) is 18.3 Å². The number of carbonyl (C=O) groups excluding carboxylic acids is 6. The molecule has 2 saturated carbocycles. The van der Waals surface area contributed by atoms with Crippen LogP contribution in [0.15, 0.2) is 42.5 Å². The molecule has 4 saturated heterocycles. The quantitative estimate of drug-likeness (QED) is 0.0638. The lowest BCUT2D eigenvalue weighted by atomic mass is 9.72. The van der Waals surface area contributed by atoms with Crippen LogP contribution in [-0.4, -0.2) is 259 Å². The second-order valence-electron chi connectivity index (χ2n) is 27.0. The average Bonchev–Trinajstić information content (AvgIpc) is 1.78. The molecule has 15 N–H and O–H groups in total. The Kier molecular flexibility index (Phi) is 25.6. The number of carbonyl (C=O) groups is 6. The van der Waals surface area contributed by atoms with Gasteiger partial charge in [-0.1, -0.05) is 43.6 Å². The van der Waals surface area contributed by atoms with Crippen LogP contribution >= 0.6 is 11.3 Å². The van der Waals surface area contributed by atoms with Crippen molar-refractivity contribution in [1.82, 2.24) is 51.9 Å². The van der Waals surface area contributed by atoms with E-state index >= 15 is 0 Å². The smallest absolute Gasteiger partial charge is 0.248 e. The van der Waals surface area contributed by atoms with Crippen LogP contribution in [0.5, 0.6) is 11.5 Å². The van der Waals surface area contributed by atoms with Gasteiger partial charge < -0.3 is 102 Å². The van der Waals surface area contributed by atoms with Gasteiger partial charge in [-0.2, -0.15) is 0 Å². The Balaban J connectivity index is 0.919. The van der Waals surface area contributed by atoms with Crippen molar-refractivity contribution in [2.45, 2.75) is 201 Å². The van der Waals surface area contributed by atoms with Gasteiger partial charge in [-0.15, -0.1) is 10.2 Å². The van der Waals surface area contributed by atoms with E-state index in [0.717, 1.165) is 77.0 Å². The summed E-state index contributed by atoms with van der Waals surface area (Å²) in [5.41, 5.74) is 2.40. The summed E-state index contributed by atoms with van der Waals surface area (Å²) in [6.07, 6.45) is 0.205. The van der Waals surface area contributed by atoms with Crippen LogP contribution in [-0.2, 0) is 39.9 Å². The summed E-state index contributed by atoms with van der Waals surface area (Å²) in [5, 5.41) is 126. The minimum absolute atomic E-state index is 0.0000358. The summed E-state index contributed by atoms with van der Waals surface area (Å²) in [4.78, 5) is 92.6. The molecule has 0 unspecified atom stereocenters. The van der Waals surface area contributed by atoms with Gasteiger partial charge in [0.1, 0.15) is 40.2 Å². The van der Waals surface area contributed by atoms with E-state index in [9.17, 15) is 74.7 Å². The first-order chi connectivity index (χ1) is 45.5. The standard InChI is InChI=1S/C66H99N11O17S/c1-36-32-77-56(57(36)86)61(90)69-31-45(81)28-47(68-30-38-10-13-40(14-11-38)62-73-74-63(95-62)41-15-17-44(18-16-41)75-24-21-66(94-4,22-25-75)42-8-6-5-7-9-42)58(87)70-53(37(2)80)64(91)76-33-46(82)29-48(76)59(88)71-54(51(85)26-39-12-19-49(83)52(27-39)93-3)60(89)72-55(65(77)92)50(84)20-23-67-43(34-78)35-79/h12,15-19,27,36-38,40,42-43,45-48,50-51,53-57,67-68,78-86H,5-11,13-14,20-26,28-35H2,1-4H3,(H,69,90)(H,70,87)(H,71,88)(H,72,89)/t36-,37+,38?,40?,45-,46+,47-,48-,50+,51+,53-,54-,55-,56-,57-/m0/s1. The second-order valence-corrected chi connectivity index (χ2v) is 28.1. The van der Waals surface area contributed by atoms with Crippen molar-refractivity contribution in [1.29, 1.82) is 0 Å². The predicted molar refractivity (Wildman–Crippen MR) is 348 cm³/mol. The van der Waals surface area contributed by atoms with Gasteiger partial charge in [0.2, 0.25) is 35.4 Å². The predicted octanol–water partition coefficient (Wildman–Crippen LogP) is -1.10. The molecule has 0 radical (unpaired) electrons. The summed E-state index contributed by atoms with van der Waals surface area (Å²) >= 11 is 1.57. The van der Waals surface area contributed by atoms with Crippen LogP contribution in [0.25, 0.3) is 10.6 Å². The number of ether oxygens (including phenoxy) is 2. The van der Waals surface area contributed by atoms with Crippen molar-refractivity contribution < 1.29 is 84.2 Å². The van der Waals surface area contributed by atoms with Crippen LogP contribution in [0.3, 0.4) is 0 Å². The van der Waals surface area contributed by atoms with Gasteiger partial charge in [0.15, 0.2) is 11.5 Å². The molecule has 6 fully saturated rings. The molecule has 28 nitrogen and oxygen atoms in total. The van der Waals surface area contributed by atoms with Crippen molar-refractivity contribution >= 4 is 52.5 Å². The fourth-order valence-electron chi connectivity index (χ4n) is 14.8. The Morgan fingerprint density at radius 2 is 1.42 bits per heavy atom. The highest BCUT2D eigenvalue weighted by Crippen LogP contribution is 2.43. The first kappa shape index (κ1) is 73.0. The topological polar surface area (TPSA) is 411 Å². The molecule has 9 rings (SSSR count). The van der Waals surface area contributed by atoms with Crippen LogP contribution in [0, 0.1) is 17.8 Å². The number of hydrogen-bond donors (Lipinski definition) is 15. The van der Waals surface area contributed by atoms with E-state index in [4.69, 9.17) is 9.47 Å². The van der Waals surface area contributed by atoms with Crippen LogP contribution in [0.2, 0.25) is 0 Å². The fraction of sp³-hybridized carbons (Fsp3) is 0.697. The average molecular weight is 1350 g/mol. The number of benzene rings is 2. The number of aromatic hydroxyl groups is 1. The Labute approximate surface area is 557 Å². The highest BCUT2D eigenvalue weighted by molar-refractivity contribution is 7.14. The number of phenols is 1. The van der Waals surface area contributed by atoms with E-state index in [0.29, 0.717) is 5.92 Å². The number of amides is 6. The third kappa shape index (κ3) is 17.7. The number of nitrogens with zero attached hydrogens (tertiary/aromatic N) is 5. The molecule has 13 atom stereocenters. The third-order valence-corrected chi connectivity index (χ3v) is 21.7. The number of methoxy groups -OCH3 is 2. The second kappa shape index (κ2) is 33.4. The van der Waals surface area contributed by atoms with Crippen LogP contribution < -0.4 is 41.5 Å². The molecule has 0 bridgehead atoms. The number of hydrogen-bond acceptors (Lipinski definition) is 23. The fourth-order valence-corrected chi connectivity index (χ4v) is 15.8. The molecule has 0 spiro atoms. The maximum atomic E-state index is 15.0. The molecular formula is C66H99N11O17S. The van der Waals surface area contributed by atoms with Gasteiger partial charge in [0, 0.05) is 75.8 Å². The molecule has 526 valence electrons. The monoisotopic (exact) mass is 1350 g/mol. The molecular weight excluding hydrogens is 1250 g/mol. The highest BCUT2D eigenvalue weighted by Gasteiger charge is 2.50. The lowest BCUT2D eigenvalue weighted by molar-refractivity contribution is -0.147.